The van der Waals surface area contributed by atoms with Gasteiger partial charge in [-0.3, -0.25) is 0 Å². The average molecular weight is 718 g/mol. The Hall–Kier alpha value is -3.81. The van der Waals surface area contributed by atoms with Crippen LogP contribution in [0.2, 0.25) is 15.1 Å². The second-order valence-corrected chi connectivity index (χ2v) is 13.2. The molecule has 48 heavy (non-hydrogen) atoms. The predicted molar refractivity (Wildman–Crippen MR) is 189 cm³/mol. The van der Waals surface area contributed by atoms with Crippen molar-refractivity contribution < 1.29 is 19.7 Å². The van der Waals surface area contributed by atoms with Crippen LogP contribution in [0.1, 0.15) is 56.9 Å². The van der Waals surface area contributed by atoms with Crippen LogP contribution >= 0.6 is 34.8 Å². The summed E-state index contributed by atoms with van der Waals surface area (Å²) in [6.45, 7) is 1.93. The van der Waals surface area contributed by atoms with Crippen LogP contribution in [0.4, 0.5) is 23.5 Å². The summed E-state index contributed by atoms with van der Waals surface area (Å²) in [7, 11) is 0. The zero-order valence-electron chi connectivity index (χ0n) is 26.4. The Morgan fingerprint density at radius 1 is 0.646 bits per heavy atom. The number of nitrogens with two attached hydrogens (primary N) is 2. The van der Waals surface area contributed by atoms with E-state index in [1.54, 1.807) is 30.5 Å². The van der Waals surface area contributed by atoms with Gasteiger partial charge in [-0.05, 0) is 100 Å². The van der Waals surface area contributed by atoms with Gasteiger partial charge >= 0.3 is 0 Å². The Labute approximate surface area is 294 Å². The molecule has 2 heterocycles. The van der Waals surface area contributed by atoms with Gasteiger partial charge in [0.2, 0.25) is 11.9 Å². The smallest absolute Gasteiger partial charge is 0.222 e. The fraction of sp³-hybridized carbons (Fsp3) is 0.394. The first-order chi connectivity index (χ1) is 23.0. The van der Waals surface area contributed by atoms with Crippen LogP contribution in [0, 0.1) is 6.92 Å². The molecule has 8 N–H and O–H groups in total. The van der Waals surface area contributed by atoms with E-state index in [0.29, 0.717) is 49.7 Å². The minimum atomic E-state index is -0.220. The maximum Gasteiger partial charge on any atom is 0.222 e. The number of nitrogens with one attached hydrogen (secondary N) is 2. The first kappa shape index (κ1) is 35.5. The van der Waals surface area contributed by atoms with Gasteiger partial charge in [0.25, 0.3) is 0 Å². The Bertz CT molecular complexity index is 1560. The summed E-state index contributed by atoms with van der Waals surface area (Å²) < 4.78 is 11.8. The highest BCUT2D eigenvalue weighted by atomic mass is 35.5. The third-order valence-corrected chi connectivity index (χ3v) is 8.86. The normalized spacial score (nSPS) is 20.6. The van der Waals surface area contributed by atoms with Crippen LogP contribution in [-0.2, 0) is 0 Å². The number of aromatic nitrogens is 4. The Balaban J connectivity index is 0.000000188. The number of ether oxygens (including phenoxy) is 2. The fourth-order valence-corrected chi connectivity index (χ4v) is 6.15. The number of aryl methyl sites for hydroxylation is 1. The van der Waals surface area contributed by atoms with Crippen molar-refractivity contribution in [3.63, 3.8) is 0 Å². The third kappa shape index (κ3) is 10.1. The van der Waals surface area contributed by atoms with Crippen molar-refractivity contribution in [2.75, 3.05) is 22.1 Å². The van der Waals surface area contributed by atoms with E-state index in [-0.39, 0.29) is 36.2 Å². The lowest BCUT2D eigenvalue weighted by Crippen LogP contribution is -2.28. The lowest BCUT2D eigenvalue weighted by Gasteiger charge is -2.27. The SMILES string of the molecule is Cc1cc(Cl)ccc1Oc1cnc(N)nc1NC1CCC(O)CC1.Nc1ncc(Oc2ccc(Cl)cc2Cl)c(NC2CCC(O)CC2)n1. The van der Waals surface area contributed by atoms with Gasteiger partial charge in [0.15, 0.2) is 23.1 Å². The summed E-state index contributed by atoms with van der Waals surface area (Å²) in [4.78, 5) is 16.5. The van der Waals surface area contributed by atoms with Gasteiger partial charge in [0, 0.05) is 22.1 Å². The van der Waals surface area contributed by atoms with Crippen molar-refractivity contribution in [1.82, 2.24) is 19.9 Å². The van der Waals surface area contributed by atoms with Crippen molar-refractivity contribution in [3.05, 3.63) is 69.4 Å². The van der Waals surface area contributed by atoms with Gasteiger partial charge < -0.3 is 41.8 Å². The number of halogens is 3. The molecular weight excluding hydrogens is 679 g/mol. The maximum atomic E-state index is 9.63. The minimum absolute atomic E-state index is 0.155. The van der Waals surface area contributed by atoms with E-state index in [4.69, 9.17) is 55.7 Å². The molecule has 2 aliphatic carbocycles. The molecule has 2 aromatic heterocycles. The maximum absolute atomic E-state index is 9.63. The van der Waals surface area contributed by atoms with Crippen molar-refractivity contribution in [2.24, 2.45) is 0 Å². The van der Waals surface area contributed by atoms with Gasteiger partial charge in [-0.25, -0.2) is 9.97 Å². The summed E-state index contributed by atoms with van der Waals surface area (Å²) in [5, 5.41) is 27.5. The van der Waals surface area contributed by atoms with E-state index in [2.05, 4.69) is 30.6 Å². The van der Waals surface area contributed by atoms with E-state index in [9.17, 15) is 10.2 Å². The molecule has 2 aromatic carbocycles. The summed E-state index contributed by atoms with van der Waals surface area (Å²) >= 11 is 18.0. The summed E-state index contributed by atoms with van der Waals surface area (Å²) in [6, 6.07) is 10.8. The predicted octanol–water partition coefficient (Wildman–Crippen LogP) is 7.40. The quantitative estimate of drug-likeness (QED) is 0.106. The molecule has 2 saturated carbocycles. The molecule has 4 aromatic rings. The fourth-order valence-electron chi connectivity index (χ4n) is 5.47. The highest BCUT2D eigenvalue weighted by Gasteiger charge is 2.23. The van der Waals surface area contributed by atoms with Crippen LogP contribution in [-0.4, -0.2) is 54.4 Å². The standard InChI is InChI=1S/C17H21ClN4O2.C16H18Cl2N4O2/c1-10-8-11(18)2-7-14(10)24-15-9-20-17(19)22-16(15)21-12-3-5-13(23)6-4-12;17-9-1-6-13(12(18)7-9)24-14-8-20-16(19)22-15(14)21-10-2-4-11(23)5-3-10/h2,7-9,12-13,23H,3-6H2,1H3,(H3,19,20,21,22);1,6-8,10-11,23H,2-5H2,(H3,19,20,21,22). The van der Waals surface area contributed by atoms with E-state index in [1.807, 2.05) is 19.1 Å². The highest BCUT2D eigenvalue weighted by molar-refractivity contribution is 6.35. The first-order valence-electron chi connectivity index (χ1n) is 15.7. The number of hydrogen-bond acceptors (Lipinski definition) is 12. The topological polar surface area (TPSA) is 187 Å². The van der Waals surface area contributed by atoms with E-state index < -0.39 is 0 Å². The molecule has 0 saturated heterocycles. The lowest BCUT2D eigenvalue weighted by atomic mass is 9.93. The second kappa shape index (κ2) is 16.5. The van der Waals surface area contributed by atoms with E-state index in [1.165, 1.54) is 6.20 Å². The van der Waals surface area contributed by atoms with Gasteiger partial charge in [-0.15, -0.1) is 0 Å². The second-order valence-electron chi connectivity index (χ2n) is 11.9. The Morgan fingerprint density at radius 3 is 1.54 bits per heavy atom. The molecule has 0 unspecified atom stereocenters. The lowest BCUT2D eigenvalue weighted by molar-refractivity contribution is 0.125. The summed E-state index contributed by atoms with van der Waals surface area (Å²) in [6.07, 6.45) is 9.20. The van der Waals surface area contributed by atoms with Gasteiger partial charge in [0.1, 0.15) is 11.5 Å². The third-order valence-electron chi connectivity index (χ3n) is 8.09. The van der Waals surface area contributed by atoms with Crippen LogP contribution in [0.5, 0.6) is 23.0 Å². The molecule has 15 heteroatoms. The first-order valence-corrected chi connectivity index (χ1v) is 16.9. The van der Waals surface area contributed by atoms with Crippen LogP contribution in [0.3, 0.4) is 0 Å². The molecular formula is C33H39Cl3N8O4. The van der Waals surface area contributed by atoms with Gasteiger partial charge in [-0.1, -0.05) is 34.8 Å². The van der Waals surface area contributed by atoms with E-state index >= 15 is 0 Å². The molecule has 0 aliphatic heterocycles. The molecule has 256 valence electrons. The summed E-state index contributed by atoms with van der Waals surface area (Å²) in [5.41, 5.74) is 12.3. The highest BCUT2D eigenvalue weighted by Crippen LogP contribution is 2.36. The number of nitrogens with zero attached hydrogens (tertiary/aromatic N) is 4. The van der Waals surface area contributed by atoms with E-state index in [0.717, 1.165) is 56.9 Å². The number of hydrogen-bond donors (Lipinski definition) is 6. The van der Waals surface area contributed by atoms with Crippen LogP contribution < -0.4 is 31.6 Å². The zero-order chi connectivity index (χ0) is 34.2. The zero-order valence-corrected chi connectivity index (χ0v) is 28.6. The average Bonchev–Trinajstić information content (AvgIpc) is 3.04. The molecule has 0 spiro atoms. The minimum Gasteiger partial charge on any atom is -0.452 e. The molecule has 2 aliphatic rings. The number of rotatable bonds is 8. The van der Waals surface area contributed by atoms with Crippen molar-refractivity contribution >= 4 is 58.3 Å². The van der Waals surface area contributed by atoms with Gasteiger partial charge in [0.05, 0.1) is 29.6 Å². The van der Waals surface area contributed by atoms with Crippen molar-refractivity contribution in [3.8, 4) is 23.0 Å². The molecule has 0 atom stereocenters. The summed E-state index contributed by atoms with van der Waals surface area (Å²) in [5.74, 6) is 3.51. The Kier molecular flexibility index (Phi) is 12.2. The van der Waals surface area contributed by atoms with Crippen LogP contribution in [0.15, 0.2) is 48.8 Å². The number of benzene rings is 2. The number of aliphatic hydroxyl groups is 2. The Morgan fingerprint density at radius 2 is 1.08 bits per heavy atom. The largest absolute Gasteiger partial charge is 0.452 e. The van der Waals surface area contributed by atoms with Crippen molar-refractivity contribution in [2.45, 2.75) is 82.6 Å². The monoisotopic (exact) mass is 716 g/mol. The molecule has 0 radical (unpaired) electrons. The molecule has 0 amide bonds. The number of aliphatic hydroxyl groups excluding tert-OH is 2. The molecule has 0 bridgehead atoms. The van der Waals surface area contributed by atoms with Crippen molar-refractivity contribution in [1.29, 1.82) is 0 Å². The number of anilines is 4. The van der Waals surface area contributed by atoms with Crippen LogP contribution in [0.25, 0.3) is 0 Å². The number of nitrogen functional groups attached to an aromatic ring is 2. The molecule has 6 rings (SSSR count). The van der Waals surface area contributed by atoms with Gasteiger partial charge in [-0.2, -0.15) is 9.97 Å². The molecule has 12 nitrogen and oxygen atoms in total. The molecule has 2 fully saturated rings.